The van der Waals surface area contributed by atoms with E-state index < -0.39 is 0 Å². The molecule has 0 aromatic heterocycles. The Morgan fingerprint density at radius 2 is 2.19 bits per heavy atom. The molecule has 1 unspecified atom stereocenters. The second-order valence-corrected chi connectivity index (χ2v) is 4.36. The topological polar surface area (TPSA) is 35.5 Å². The van der Waals surface area contributed by atoms with Gasteiger partial charge in [0.05, 0.1) is 13.2 Å². The van der Waals surface area contributed by atoms with Gasteiger partial charge in [0.2, 0.25) is 0 Å². The van der Waals surface area contributed by atoms with Gasteiger partial charge in [-0.1, -0.05) is 12.2 Å². The summed E-state index contributed by atoms with van der Waals surface area (Å²) >= 11 is 0. The van der Waals surface area contributed by atoms with Crippen molar-refractivity contribution in [2.75, 3.05) is 14.2 Å². The van der Waals surface area contributed by atoms with Crippen molar-refractivity contribution in [2.45, 2.75) is 31.8 Å². The van der Waals surface area contributed by atoms with E-state index in [0.717, 1.165) is 31.3 Å². The molecule has 3 nitrogen and oxygen atoms in total. The van der Waals surface area contributed by atoms with Crippen molar-refractivity contribution in [1.29, 1.82) is 0 Å². The molecule has 0 N–H and O–H groups in total. The van der Waals surface area contributed by atoms with E-state index in [0.29, 0.717) is 5.92 Å². The lowest BCUT2D eigenvalue weighted by Gasteiger charge is -2.19. The van der Waals surface area contributed by atoms with E-state index in [-0.39, 0.29) is 12.1 Å². The van der Waals surface area contributed by atoms with Crippen LogP contribution in [0, 0.1) is 5.92 Å². The fourth-order valence-electron chi connectivity index (χ4n) is 2.66. The zero-order chi connectivity index (χ0) is 11.5. The van der Waals surface area contributed by atoms with Crippen LogP contribution < -0.4 is 0 Å². The smallest absolute Gasteiger partial charge is 0.333 e. The quantitative estimate of drug-likeness (QED) is 0.531. The number of fused-ring (bicyclic) bond motifs is 1. The lowest BCUT2D eigenvalue weighted by molar-refractivity contribution is -0.136. The maximum Gasteiger partial charge on any atom is 0.333 e. The molecule has 0 bridgehead atoms. The van der Waals surface area contributed by atoms with E-state index in [2.05, 4.69) is 6.08 Å². The lowest BCUT2D eigenvalue weighted by atomic mass is 9.93. The molecule has 2 rings (SSSR count). The van der Waals surface area contributed by atoms with Gasteiger partial charge in [-0.2, -0.15) is 0 Å². The summed E-state index contributed by atoms with van der Waals surface area (Å²) in [7, 11) is 3.17. The van der Waals surface area contributed by atoms with Crippen LogP contribution in [0.1, 0.15) is 25.7 Å². The molecule has 0 saturated heterocycles. The average Bonchev–Trinajstić information content (AvgIpc) is 2.69. The van der Waals surface area contributed by atoms with Crippen LogP contribution in [-0.2, 0) is 14.3 Å². The monoisotopic (exact) mass is 222 g/mol. The Kier molecular flexibility index (Phi) is 3.44. The summed E-state index contributed by atoms with van der Waals surface area (Å²) in [6.07, 6.45) is 8.21. The second-order valence-electron chi connectivity index (χ2n) is 4.36. The lowest BCUT2D eigenvalue weighted by Crippen LogP contribution is -2.16. The largest absolute Gasteiger partial charge is 0.466 e. The second kappa shape index (κ2) is 4.83. The molecular formula is C13H18O3. The van der Waals surface area contributed by atoms with Gasteiger partial charge in [0.1, 0.15) is 0 Å². The van der Waals surface area contributed by atoms with Crippen molar-refractivity contribution >= 4 is 5.97 Å². The summed E-state index contributed by atoms with van der Waals surface area (Å²) in [5, 5.41) is 0. The highest BCUT2D eigenvalue weighted by atomic mass is 16.5. The Morgan fingerprint density at radius 1 is 1.38 bits per heavy atom. The van der Waals surface area contributed by atoms with Crippen molar-refractivity contribution in [3.05, 3.63) is 23.3 Å². The summed E-state index contributed by atoms with van der Waals surface area (Å²) in [6.45, 7) is 0. The number of hydrogen-bond acceptors (Lipinski definition) is 3. The summed E-state index contributed by atoms with van der Waals surface area (Å²) < 4.78 is 10.3. The molecule has 0 aromatic carbocycles. The maximum atomic E-state index is 11.6. The summed E-state index contributed by atoms with van der Waals surface area (Å²) in [4.78, 5) is 11.6. The standard InChI is InChI=1S/C13H18O3/c1-15-12-7-6-10(13(14)16-2)8-9-4-3-5-11(9)12/h5-6,9,12H,3-4,7-8H2,1-2H3/t9-,12?/m1/s1. The van der Waals surface area contributed by atoms with Crippen LogP contribution in [0.3, 0.4) is 0 Å². The first-order valence-electron chi connectivity index (χ1n) is 5.76. The predicted molar refractivity (Wildman–Crippen MR) is 60.9 cm³/mol. The van der Waals surface area contributed by atoms with E-state index in [1.54, 1.807) is 7.11 Å². The van der Waals surface area contributed by atoms with Gasteiger partial charge in [0, 0.05) is 12.7 Å². The van der Waals surface area contributed by atoms with E-state index in [9.17, 15) is 4.79 Å². The highest BCUT2D eigenvalue weighted by Crippen LogP contribution is 2.38. The Balaban J connectivity index is 2.19. The van der Waals surface area contributed by atoms with Crippen LogP contribution in [0.25, 0.3) is 0 Å². The van der Waals surface area contributed by atoms with Gasteiger partial charge in [0.15, 0.2) is 0 Å². The molecule has 0 aliphatic heterocycles. The minimum Gasteiger partial charge on any atom is -0.466 e. The summed E-state index contributed by atoms with van der Waals surface area (Å²) in [5.74, 6) is 0.279. The van der Waals surface area contributed by atoms with Crippen molar-refractivity contribution < 1.29 is 14.3 Å². The van der Waals surface area contributed by atoms with E-state index in [1.165, 1.54) is 12.7 Å². The molecule has 88 valence electrons. The first-order valence-corrected chi connectivity index (χ1v) is 5.76. The molecule has 2 atom stereocenters. The van der Waals surface area contributed by atoms with Crippen LogP contribution in [0.2, 0.25) is 0 Å². The summed E-state index contributed by atoms with van der Waals surface area (Å²) in [6, 6.07) is 0. The molecule has 0 heterocycles. The molecule has 0 fully saturated rings. The molecule has 0 radical (unpaired) electrons. The van der Waals surface area contributed by atoms with Gasteiger partial charge in [0.25, 0.3) is 0 Å². The zero-order valence-electron chi connectivity index (χ0n) is 9.86. The van der Waals surface area contributed by atoms with Crippen LogP contribution in [0.4, 0.5) is 0 Å². The van der Waals surface area contributed by atoms with Crippen LogP contribution in [-0.4, -0.2) is 26.3 Å². The third-order valence-electron chi connectivity index (χ3n) is 3.52. The van der Waals surface area contributed by atoms with Crippen molar-refractivity contribution in [3.8, 4) is 0 Å². The number of carbonyl (C=O) groups is 1. The van der Waals surface area contributed by atoms with Crippen molar-refractivity contribution in [3.63, 3.8) is 0 Å². The van der Waals surface area contributed by atoms with Gasteiger partial charge in [-0.15, -0.1) is 0 Å². The number of methoxy groups -OCH3 is 2. The molecule has 0 aromatic rings. The van der Waals surface area contributed by atoms with Gasteiger partial charge >= 0.3 is 5.97 Å². The van der Waals surface area contributed by atoms with E-state index in [4.69, 9.17) is 9.47 Å². The average molecular weight is 222 g/mol. The molecule has 0 saturated carbocycles. The molecule has 3 heteroatoms. The zero-order valence-corrected chi connectivity index (χ0v) is 9.86. The van der Waals surface area contributed by atoms with Gasteiger partial charge < -0.3 is 9.47 Å². The van der Waals surface area contributed by atoms with Crippen molar-refractivity contribution in [2.24, 2.45) is 5.92 Å². The Morgan fingerprint density at radius 3 is 2.88 bits per heavy atom. The minimum absolute atomic E-state index is 0.148. The Labute approximate surface area is 96.1 Å². The molecule has 2 aliphatic carbocycles. The molecule has 0 amide bonds. The molecule has 16 heavy (non-hydrogen) atoms. The van der Waals surface area contributed by atoms with Crippen LogP contribution >= 0.6 is 0 Å². The number of rotatable bonds is 2. The highest BCUT2D eigenvalue weighted by Gasteiger charge is 2.30. The van der Waals surface area contributed by atoms with Gasteiger partial charge in [-0.3, -0.25) is 0 Å². The fourth-order valence-corrected chi connectivity index (χ4v) is 2.66. The molecule has 2 aliphatic rings. The Bertz CT molecular complexity index is 341. The fraction of sp³-hybridized carbons (Fsp3) is 0.615. The molecule has 0 spiro atoms. The van der Waals surface area contributed by atoms with Crippen molar-refractivity contribution in [1.82, 2.24) is 0 Å². The minimum atomic E-state index is -0.192. The van der Waals surface area contributed by atoms with Gasteiger partial charge in [-0.25, -0.2) is 4.79 Å². The highest BCUT2D eigenvalue weighted by molar-refractivity contribution is 5.88. The van der Waals surface area contributed by atoms with E-state index in [1.807, 2.05) is 6.08 Å². The predicted octanol–water partition coefficient (Wildman–Crippen LogP) is 2.23. The number of allylic oxidation sites excluding steroid dienone is 1. The summed E-state index contributed by atoms with van der Waals surface area (Å²) in [5.41, 5.74) is 2.18. The number of hydrogen-bond donors (Lipinski definition) is 0. The third kappa shape index (κ3) is 2.05. The van der Waals surface area contributed by atoms with E-state index >= 15 is 0 Å². The maximum absolute atomic E-state index is 11.6. The Hall–Kier alpha value is -1.09. The molecular weight excluding hydrogens is 204 g/mol. The van der Waals surface area contributed by atoms with Crippen LogP contribution in [0.15, 0.2) is 23.3 Å². The number of esters is 1. The number of ether oxygens (including phenoxy) is 2. The van der Waals surface area contributed by atoms with Gasteiger partial charge in [-0.05, 0) is 37.2 Å². The SMILES string of the molecule is COC(=O)C1=CCC(OC)C2=CCC[C@@H]2C1. The van der Waals surface area contributed by atoms with Crippen LogP contribution in [0.5, 0.6) is 0 Å². The first kappa shape index (κ1) is 11.4. The number of carbonyl (C=O) groups excluding carboxylic acids is 1. The first-order chi connectivity index (χ1) is 7.76. The third-order valence-corrected chi connectivity index (χ3v) is 3.52. The normalized spacial score (nSPS) is 28.9.